The Labute approximate surface area is 70.1 Å². The lowest BCUT2D eigenvalue weighted by molar-refractivity contribution is 0.420. The maximum Gasteiger partial charge on any atom is 0.142 e. The summed E-state index contributed by atoms with van der Waals surface area (Å²) in [5.74, 6) is 4.46. The Morgan fingerprint density at radius 1 is 2.00 bits per heavy atom. The van der Waals surface area contributed by atoms with E-state index in [1.165, 1.54) is 0 Å². The fourth-order valence-electron chi connectivity index (χ4n) is 0.609. The first-order valence-electron chi connectivity index (χ1n) is 2.68. The lowest BCUT2D eigenvalue weighted by Crippen LogP contribution is -1.80. The van der Waals surface area contributed by atoms with Crippen LogP contribution in [-0.2, 0) is 16.3 Å². The molecule has 0 N–H and O–H groups in total. The quantitative estimate of drug-likeness (QED) is 0.463. The van der Waals surface area contributed by atoms with Crippen molar-refractivity contribution in [2.24, 2.45) is 0 Å². The van der Waals surface area contributed by atoms with Crippen LogP contribution in [0.5, 0.6) is 0 Å². The summed E-state index contributed by atoms with van der Waals surface area (Å²) in [6, 6.07) is 0. The standard InChI is InChI=1S/C6H7OPS2/c1-3-6-4-7-8(9,5-6)10-2/h1,5H,4H2,2H3. The third kappa shape index (κ3) is 1.65. The Morgan fingerprint density at radius 3 is 3.00 bits per heavy atom. The van der Waals surface area contributed by atoms with Crippen molar-refractivity contribution in [2.45, 2.75) is 0 Å². The lowest BCUT2D eigenvalue weighted by atomic mass is 10.3. The fourth-order valence-corrected chi connectivity index (χ4v) is 3.46. The maximum atomic E-state index is 5.35. The summed E-state index contributed by atoms with van der Waals surface area (Å²) in [4.78, 5) is 0. The highest BCUT2D eigenvalue weighted by molar-refractivity contribution is 8.70. The molecular formula is C6H7OPS2. The molecule has 0 bridgehead atoms. The van der Waals surface area contributed by atoms with Gasteiger partial charge in [-0.05, 0) is 12.1 Å². The minimum atomic E-state index is -1.68. The Kier molecular flexibility index (Phi) is 2.60. The van der Waals surface area contributed by atoms with Crippen molar-refractivity contribution in [2.75, 3.05) is 12.9 Å². The van der Waals surface area contributed by atoms with Crippen LogP contribution in [0.25, 0.3) is 0 Å². The van der Waals surface area contributed by atoms with E-state index in [0.717, 1.165) is 5.57 Å². The average Bonchev–Trinajstić information content (AvgIpc) is 2.33. The summed E-state index contributed by atoms with van der Waals surface area (Å²) < 4.78 is 5.35. The van der Waals surface area contributed by atoms with Crippen LogP contribution in [-0.4, -0.2) is 12.9 Å². The van der Waals surface area contributed by atoms with Crippen molar-refractivity contribution in [3.8, 4) is 12.3 Å². The second-order valence-electron chi connectivity index (χ2n) is 1.79. The van der Waals surface area contributed by atoms with E-state index in [1.54, 1.807) is 11.4 Å². The molecule has 1 unspecified atom stereocenters. The van der Waals surface area contributed by atoms with Gasteiger partial charge in [-0.15, -0.1) is 6.42 Å². The van der Waals surface area contributed by atoms with Crippen LogP contribution >= 0.6 is 16.8 Å². The van der Waals surface area contributed by atoms with Crippen LogP contribution in [0.15, 0.2) is 11.4 Å². The second-order valence-corrected chi connectivity index (χ2v) is 8.80. The Hall–Kier alpha value is 0.260. The molecule has 0 saturated carbocycles. The van der Waals surface area contributed by atoms with Crippen LogP contribution in [0.4, 0.5) is 0 Å². The first-order valence-corrected chi connectivity index (χ1v) is 7.30. The molecule has 0 amide bonds. The van der Waals surface area contributed by atoms with Gasteiger partial charge in [0.2, 0.25) is 0 Å². The molecule has 0 aromatic rings. The van der Waals surface area contributed by atoms with Crippen LogP contribution in [0, 0.1) is 12.3 Å². The molecule has 1 aliphatic rings. The van der Waals surface area contributed by atoms with Crippen molar-refractivity contribution in [1.82, 2.24) is 0 Å². The fraction of sp³-hybridized carbons (Fsp3) is 0.333. The van der Waals surface area contributed by atoms with Gasteiger partial charge in [-0.2, -0.15) is 0 Å². The van der Waals surface area contributed by atoms with Gasteiger partial charge in [-0.3, -0.25) is 0 Å². The van der Waals surface area contributed by atoms with Crippen molar-refractivity contribution in [1.29, 1.82) is 0 Å². The SMILES string of the molecule is C#CC1=CP(=S)(SC)OC1. The molecule has 0 aromatic heterocycles. The largest absolute Gasteiger partial charge is 0.333 e. The van der Waals surface area contributed by atoms with Gasteiger partial charge in [-0.25, -0.2) is 0 Å². The molecule has 0 fully saturated rings. The average molecular weight is 190 g/mol. The van der Waals surface area contributed by atoms with E-state index < -0.39 is 5.47 Å². The molecule has 1 aliphatic heterocycles. The summed E-state index contributed by atoms with van der Waals surface area (Å²) >= 11 is 6.78. The van der Waals surface area contributed by atoms with E-state index in [2.05, 4.69) is 5.92 Å². The number of hydrogen-bond acceptors (Lipinski definition) is 3. The summed E-state index contributed by atoms with van der Waals surface area (Å²) in [5.41, 5.74) is -0.777. The molecule has 1 rings (SSSR count). The van der Waals surface area contributed by atoms with Gasteiger partial charge in [0.25, 0.3) is 0 Å². The predicted octanol–water partition coefficient (Wildman–Crippen LogP) is 2.21. The van der Waals surface area contributed by atoms with Crippen LogP contribution in [0.3, 0.4) is 0 Å². The molecule has 54 valence electrons. The summed E-state index contributed by atoms with van der Waals surface area (Å²) in [5, 5.41) is 0. The van der Waals surface area contributed by atoms with Gasteiger partial charge in [0.05, 0.1) is 6.61 Å². The van der Waals surface area contributed by atoms with Crippen molar-refractivity contribution in [3.63, 3.8) is 0 Å². The third-order valence-electron chi connectivity index (χ3n) is 1.15. The number of rotatable bonds is 1. The van der Waals surface area contributed by atoms with E-state index in [0.29, 0.717) is 6.61 Å². The molecule has 0 aromatic carbocycles. The molecule has 1 nitrogen and oxygen atoms in total. The van der Waals surface area contributed by atoms with Crippen molar-refractivity contribution in [3.05, 3.63) is 11.4 Å². The molecule has 10 heavy (non-hydrogen) atoms. The second kappa shape index (κ2) is 3.11. The van der Waals surface area contributed by atoms with E-state index in [-0.39, 0.29) is 0 Å². The molecular weight excluding hydrogens is 183 g/mol. The van der Waals surface area contributed by atoms with Crippen LogP contribution < -0.4 is 0 Å². The zero-order chi connectivity index (χ0) is 7.61. The first kappa shape index (κ1) is 8.36. The monoisotopic (exact) mass is 190 g/mol. The van der Waals surface area contributed by atoms with E-state index in [4.69, 9.17) is 22.8 Å². The molecule has 0 spiro atoms. The first-order chi connectivity index (χ1) is 4.70. The number of terminal acetylenes is 1. The number of hydrogen-bond donors (Lipinski definition) is 0. The topological polar surface area (TPSA) is 9.23 Å². The molecule has 4 heteroatoms. The summed E-state index contributed by atoms with van der Waals surface area (Å²) in [6.07, 6.45) is 7.13. The minimum Gasteiger partial charge on any atom is -0.333 e. The smallest absolute Gasteiger partial charge is 0.142 e. The van der Waals surface area contributed by atoms with E-state index >= 15 is 0 Å². The van der Waals surface area contributed by atoms with Crippen LogP contribution in [0.1, 0.15) is 0 Å². The van der Waals surface area contributed by atoms with Gasteiger partial charge >= 0.3 is 0 Å². The Balaban J connectivity index is 2.84. The molecule has 1 atom stereocenters. The summed E-state index contributed by atoms with van der Waals surface area (Å²) in [6.45, 7) is 0.536. The van der Waals surface area contributed by atoms with Gasteiger partial charge in [0, 0.05) is 5.57 Å². The molecule has 0 radical (unpaired) electrons. The Morgan fingerprint density at radius 2 is 2.70 bits per heavy atom. The summed E-state index contributed by atoms with van der Waals surface area (Å²) in [7, 11) is 0. The lowest BCUT2D eigenvalue weighted by Gasteiger charge is -2.06. The highest BCUT2D eigenvalue weighted by Crippen LogP contribution is 2.63. The van der Waals surface area contributed by atoms with E-state index in [1.807, 2.05) is 12.1 Å². The minimum absolute atomic E-state index is 0.536. The van der Waals surface area contributed by atoms with E-state index in [9.17, 15) is 0 Å². The van der Waals surface area contributed by atoms with Crippen molar-refractivity contribution < 1.29 is 4.52 Å². The van der Waals surface area contributed by atoms with Gasteiger partial charge < -0.3 is 4.52 Å². The molecule has 1 heterocycles. The van der Waals surface area contributed by atoms with Gasteiger partial charge in [0.15, 0.2) is 0 Å². The normalized spacial score (nSPS) is 31.4. The maximum absolute atomic E-state index is 5.35. The van der Waals surface area contributed by atoms with Crippen molar-refractivity contribution >= 4 is 28.7 Å². The third-order valence-corrected chi connectivity index (χ3v) is 6.91. The predicted molar refractivity (Wildman–Crippen MR) is 50.7 cm³/mol. The zero-order valence-corrected chi connectivity index (χ0v) is 8.06. The van der Waals surface area contributed by atoms with Gasteiger partial charge in [0.1, 0.15) is 5.47 Å². The highest BCUT2D eigenvalue weighted by Gasteiger charge is 2.20. The molecule has 0 saturated heterocycles. The zero-order valence-electron chi connectivity index (χ0n) is 5.53. The Bertz CT molecular complexity index is 251. The highest BCUT2D eigenvalue weighted by atomic mass is 32.9. The van der Waals surface area contributed by atoms with Crippen LogP contribution in [0.2, 0.25) is 0 Å². The molecule has 0 aliphatic carbocycles. The van der Waals surface area contributed by atoms with Gasteiger partial charge in [-0.1, -0.05) is 29.1 Å².